The highest BCUT2D eigenvalue weighted by Crippen LogP contribution is 1.94. The monoisotopic (exact) mass is 182 g/mol. The molecule has 70 valence electrons. The number of aromatic carboxylic acids is 1. The van der Waals surface area contributed by atoms with E-state index in [0.29, 0.717) is 12.2 Å². The minimum Gasteiger partial charge on any atom is -0.477 e. The Hall–Kier alpha value is -1.65. The van der Waals surface area contributed by atoms with Crippen molar-refractivity contribution < 1.29 is 9.90 Å². The molecule has 0 amide bonds. The van der Waals surface area contributed by atoms with Gasteiger partial charge in [0.1, 0.15) is 5.56 Å². The van der Waals surface area contributed by atoms with Crippen molar-refractivity contribution in [2.45, 2.75) is 20.4 Å². The zero-order chi connectivity index (χ0) is 10.0. The molecule has 0 atom stereocenters. The molecule has 0 aliphatic rings. The first-order valence-electron chi connectivity index (χ1n) is 3.88. The molecule has 1 rings (SSSR count). The van der Waals surface area contributed by atoms with Gasteiger partial charge in [-0.1, -0.05) is 0 Å². The van der Waals surface area contributed by atoms with Gasteiger partial charge in [-0.15, -0.1) is 0 Å². The molecule has 1 N–H and O–H groups in total. The van der Waals surface area contributed by atoms with Gasteiger partial charge in [-0.2, -0.15) is 5.10 Å². The maximum atomic E-state index is 11.3. The number of nitrogens with zero attached hydrogens (tertiary/aromatic N) is 2. The van der Waals surface area contributed by atoms with Gasteiger partial charge in [-0.05, 0) is 19.9 Å². The molecule has 0 aliphatic heterocycles. The van der Waals surface area contributed by atoms with E-state index in [2.05, 4.69) is 5.10 Å². The van der Waals surface area contributed by atoms with Crippen molar-refractivity contribution in [1.82, 2.24) is 9.78 Å². The number of hydrogen-bond acceptors (Lipinski definition) is 3. The Bertz CT molecular complexity index is 395. The third kappa shape index (κ3) is 1.74. The van der Waals surface area contributed by atoms with Gasteiger partial charge >= 0.3 is 5.97 Å². The third-order valence-electron chi connectivity index (χ3n) is 1.63. The predicted molar refractivity (Wildman–Crippen MR) is 45.9 cm³/mol. The lowest BCUT2D eigenvalue weighted by atomic mass is 10.2. The summed E-state index contributed by atoms with van der Waals surface area (Å²) in [6.45, 7) is 3.76. The normalized spacial score (nSPS) is 10.0. The Labute approximate surface area is 74.6 Å². The van der Waals surface area contributed by atoms with E-state index in [1.807, 2.05) is 0 Å². The Morgan fingerprint density at radius 2 is 2.31 bits per heavy atom. The molecule has 1 heterocycles. The molecular formula is C8H10N2O3. The van der Waals surface area contributed by atoms with E-state index in [0.717, 1.165) is 4.68 Å². The van der Waals surface area contributed by atoms with E-state index in [-0.39, 0.29) is 5.56 Å². The molecule has 0 unspecified atom stereocenters. The number of carboxylic acids is 1. The van der Waals surface area contributed by atoms with Crippen LogP contribution in [0.3, 0.4) is 0 Å². The highest BCUT2D eigenvalue weighted by Gasteiger charge is 2.11. The fourth-order valence-corrected chi connectivity index (χ4v) is 1.04. The quantitative estimate of drug-likeness (QED) is 0.712. The molecule has 0 fully saturated rings. The van der Waals surface area contributed by atoms with E-state index in [4.69, 9.17) is 5.11 Å². The zero-order valence-electron chi connectivity index (χ0n) is 7.44. The van der Waals surface area contributed by atoms with Crippen LogP contribution in [0.4, 0.5) is 0 Å². The summed E-state index contributed by atoms with van der Waals surface area (Å²) < 4.78 is 1.14. The largest absolute Gasteiger partial charge is 0.477 e. The van der Waals surface area contributed by atoms with Crippen molar-refractivity contribution in [3.63, 3.8) is 0 Å². The first-order valence-corrected chi connectivity index (χ1v) is 3.88. The third-order valence-corrected chi connectivity index (χ3v) is 1.63. The van der Waals surface area contributed by atoms with Crippen molar-refractivity contribution in [3.8, 4) is 0 Å². The van der Waals surface area contributed by atoms with Gasteiger partial charge < -0.3 is 5.11 Å². The van der Waals surface area contributed by atoms with Crippen LogP contribution < -0.4 is 5.56 Å². The Balaban J connectivity index is 3.45. The van der Waals surface area contributed by atoms with Gasteiger partial charge in [0, 0.05) is 6.54 Å². The minimum absolute atomic E-state index is 0.227. The number of rotatable bonds is 2. The van der Waals surface area contributed by atoms with Crippen LogP contribution in [0.1, 0.15) is 23.0 Å². The second-order valence-electron chi connectivity index (χ2n) is 2.63. The SMILES string of the molecule is CCn1nc(C)cc(C(=O)O)c1=O. The molecule has 0 bridgehead atoms. The molecule has 0 aliphatic carbocycles. The van der Waals surface area contributed by atoms with Gasteiger partial charge in [0.25, 0.3) is 5.56 Å². The first-order chi connectivity index (χ1) is 6.06. The number of carboxylic acid groups (broad SMARTS) is 1. The van der Waals surface area contributed by atoms with Gasteiger partial charge in [-0.3, -0.25) is 4.79 Å². The maximum Gasteiger partial charge on any atom is 0.341 e. The smallest absolute Gasteiger partial charge is 0.341 e. The molecule has 0 saturated carbocycles. The van der Waals surface area contributed by atoms with Crippen molar-refractivity contribution in [1.29, 1.82) is 0 Å². The highest BCUT2D eigenvalue weighted by atomic mass is 16.4. The Morgan fingerprint density at radius 3 is 2.77 bits per heavy atom. The van der Waals surface area contributed by atoms with Crippen LogP contribution in [-0.2, 0) is 6.54 Å². The predicted octanol–water partition coefficient (Wildman–Crippen LogP) is 0.270. The van der Waals surface area contributed by atoms with Crippen LogP contribution in [0.15, 0.2) is 10.9 Å². The van der Waals surface area contributed by atoms with E-state index in [9.17, 15) is 9.59 Å². The number of aryl methyl sites for hydroxylation is 2. The van der Waals surface area contributed by atoms with Crippen LogP contribution in [0.5, 0.6) is 0 Å². The van der Waals surface area contributed by atoms with E-state index >= 15 is 0 Å². The van der Waals surface area contributed by atoms with Crippen LogP contribution in [0, 0.1) is 6.92 Å². The molecule has 0 aromatic carbocycles. The van der Waals surface area contributed by atoms with Crippen molar-refractivity contribution in [3.05, 3.63) is 27.7 Å². The molecule has 1 aromatic rings. The lowest BCUT2D eigenvalue weighted by Crippen LogP contribution is -2.28. The van der Waals surface area contributed by atoms with Gasteiger partial charge in [0.2, 0.25) is 0 Å². The summed E-state index contributed by atoms with van der Waals surface area (Å²) in [5.41, 5.74) is -0.256. The lowest BCUT2D eigenvalue weighted by Gasteiger charge is -2.02. The molecule has 13 heavy (non-hydrogen) atoms. The minimum atomic E-state index is -1.21. The molecule has 0 saturated heterocycles. The Kier molecular flexibility index (Phi) is 2.46. The maximum absolute atomic E-state index is 11.3. The van der Waals surface area contributed by atoms with Crippen LogP contribution in [0.25, 0.3) is 0 Å². The topological polar surface area (TPSA) is 72.2 Å². The van der Waals surface area contributed by atoms with Gasteiger partial charge in [-0.25, -0.2) is 9.48 Å². The van der Waals surface area contributed by atoms with Gasteiger partial charge in [0.05, 0.1) is 5.69 Å². The number of carbonyl (C=O) groups is 1. The summed E-state index contributed by atoms with van der Waals surface area (Å²) in [6, 6.07) is 1.27. The van der Waals surface area contributed by atoms with Gasteiger partial charge in [0.15, 0.2) is 0 Å². The van der Waals surface area contributed by atoms with Crippen molar-refractivity contribution >= 4 is 5.97 Å². The van der Waals surface area contributed by atoms with Crippen LogP contribution in [0.2, 0.25) is 0 Å². The summed E-state index contributed by atoms with van der Waals surface area (Å²) >= 11 is 0. The average Bonchev–Trinajstić information content (AvgIpc) is 2.08. The molecule has 0 spiro atoms. The van der Waals surface area contributed by atoms with E-state index < -0.39 is 11.5 Å². The average molecular weight is 182 g/mol. The first kappa shape index (κ1) is 9.44. The standard InChI is InChI=1S/C8H10N2O3/c1-3-10-7(11)6(8(12)13)4-5(2)9-10/h4H,3H2,1-2H3,(H,12,13). The summed E-state index contributed by atoms with van der Waals surface area (Å²) in [6.07, 6.45) is 0. The van der Waals surface area contributed by atoms with Crippen molar-refractivity contribution in [2.24, 2.45) is 0 Å². The van der Waals surface area contributed by atoms with Crippen LogP contribution >= 0.6 is 0 Å². The second kappa shape index (κ2) is 3.38. The fourth-order valence-electron chi connectivity index (χ4n) is 1.04. The fraction of sp³-hybridized carbons (Fsp3) is 0.375. The summed E-state index contributed by atoms with van der Waals surface area (Å²) in [5.74, 6) is -1.21. The summed E-state index contributed by atoms with van der Waals surface area (Å²) in [4.78, 5) is 21.9. The van der Waals surface area contributed by atoms with Crippen LogP contribution in [-0.4, -0.2) is 20.9 Å². The van der Waals surface area contributed by atoms with E-state index in [1.54, 1.807) is 13.8 Å². The summed E-state index contributed by atoms with van der Waals surface area (Å²) in [7, 11) is 0. The lowest BCUT2D eigenvalue weighted by molar-refractivity contribution is 0.0693. The highest BCUT2D eigenvalue weighted by molar-refractivity contribution is 5.87. The molecule has 0 radical (unpaired) electrons. The Morgan fingerprint density at radius 1 is 1.69 bits per heavy atom. The number of aromatic nitrogens is 2. The molecule has 5 nitrogen and oxygen atoms in total. The zero-order valence-corrected chi connectivity index (χ0v) is 7.44. The second-order valence-corrected chi connectivity index (χ2v) is 2.63. The van der Waals surface area contributed by atoms with Crippen molar-refractivity contribution in [2.75, 3.05) is 0 Å². The van der Waals surface area contributed by atoms with E-state index in [1.165, 1.54) is 6.07 Å². The number of hydrogen-bond donors (Lipinski definition) is 1. The molecular weight excluding hydrogens is 172 g/mol. The summed E-state index contributed by atoms with van der Waals surface area (Å²) in [5, 5.41) is 12.5. The molecule has 1 aromatic heterocycles. The molecule has 5 heteroatoms.